The SMILES string of the molecule is O=C1S/C(=C\c2ccc(I)o2)C(=O)N1Cc1ccc(Br)cc1. The molecule has 0 aliphatic carbocycles. The van der Waals surface area contributed by atoms with E-state index in [0.717, 1.165) is 25.6 Å². The zero-order valence-electron chi connectivity index (χ0n) is 11.1. The van der Waals surface area contributed by atoms with E-state index in [-0.39, 0.29) is 17.7 Å². The average molecular weight is 490 g/mol. The fraction of sp³-hybridized carbons (Fsp3) is 0.0667. The van der Waals surface area contributed by atoms with Gasteiger partial charge in [0.05, 0.1) is 11.4 Å². The topological polar surface area (TPSA) is 50.5 Å². The third-order valence-corrected chi connectivity index (χ3v) is 5.01. The molecule has 0 bridgehead atoms. The van der Waals surface area contributed by atoms with Crippen molar-refractivity contribution < 1.29 is 14.0 Å². The summed E-state index contributed by atoms with van der Waals surface area (Å²) in [5.74, 6) is 0.280. The first kappa shape index (κ1) is 15.8. The number of amides is 2. The lowest BCUT2D eigenvalue weighted by Gasteiger charge is -2.12. The van der Waals surface area contributed by atoms with Crippen molar-refractivity contribution in [2.45, 2.75) is 6.54 Å². The molecular weight excluding hydrogens is 481 g/mol. The van der Waals surface area contributed by atoms with Gasteiger partial charge in [0.1, 0.15) is 5.76 Å². The third kappa shape index (κ3) is 3.47. The quantitative estimate of drug-likeness (QED) is 0.455. The van der Waals surface area contributed by atoms with E-state index in [4.69, 9.17) is 4.42 Å². The molecule has 0 saturated carbocycles. The molecular formula is C15H9BrINO3S. The van der Waals surface area contributed by atoms with Gasteiger partial charge in [0.2, 0.25) is 0 Å². The summed E-state index contributed by atoms with van der Waals surface area (Å²) in [6.07, 6.45) is 1.61. The first-order valence-electron chi connectivity index (χ1n) is 6.28. The molecule has 22 heavy (non-hydrogen) atoms. The highest BCUT2D eigenvalue weighted by atomic mass is 127. The highest BCUT2D eigenvalue weighted by Gasteiger charge is 2.35. The molecule has 0 N–H and O–H groups in total. The van der Waals surface area contributed by atoms with Gasteiger partial charge in [-0.25, -0.2) is 0 Å². The number of imide groups is 1. The van der Waals surface area contributed by atoms with Crippen molar-refractivity contribution in [2.24, 2.45) is 0 Å². The summed E-state index contributed by atoms with van der Waals surface area (Å²) in [5, 5.41) is -0.263. The van der Waals surface area contributed by atoms with Crippen molar-refractivity contribution in [3.05, 3.63) is 60.9 Å². The molecule has 4 nitrogen and oxygen atoms in total. The molecule has 112 valence electrons. The Bertz CT molecular complexity index is 769. The Morgan fingerprint density at radius 2 is 1.91 bits per heavy atom. The molecule has 0 radical (unpaired) electrons. The maximum atomic E-state index is 12.4. The van der Waals surface area contributed by atoms with Gasteiger partial charge in [-0.2, -0.15) is 0 Å². The fourth-order valence-corrected chi connectivity index (χ4v) is 3.46. The van der Waals surface area contributed by atoms with Crippen LogP contribution in [0, 0.1) is 3.77 Å². The van der Waals surface area contributed by atoms with E-state index in [1.165, 1.54) is 4.90 Å². The second-order valence-electron chi connectivity index (χ2n) is 4.54. The molecule has 1 aliphatic heterocycles. The molecule has 0 spiro atoms. The normalized spacial score (nSPS) is 16.8. The van der Waals surface area contributed by atoms with Gasteiger partial charge in [-0.1, -0.05) is 28.1 Å². The second-order valence-corrected chi connectivity index (χ2v) is 7.51. The summed E-state index contributed by atoms with van der Waals surface area (Å²) in [4.78, 5) is 26.0. The number of nitrogens with zero attached hydrogens (tertiary/aromatic N) is 1. The van der Waals surface area contributed by atoms with Gasteiger partial charge in [0.15, 0.2) is 3.77 Å². The minimum absolute atomic E-state index is 0.263. The first-order valence-corrected chi connectivity index (χ1v) is 8.97. The molecule has 7 heteroatoms. The highest BCUT2D eigenvalue weighted by Crippen LogP contribution is 2.33. The number of hydrogen-bond donors (Lipinski definition) is 0. The minimum atomic E-state index is -0.288. The van der Waals surface area contributed by atoms with E-state index < -0.39 is 0 Å². The van der Waals surface area contributed by atoms with Gasteiger partial charge < -0.3 is 4.42 Å². The van der Waals surface area contributed by atoms with E-state index in [1.54, 1.807) is 18.2 Å². The summed E-state index contributed by atoms with van der Waals surface area (Å²) in [6, 6.07) is 11.1. The van der Waals surface area contributed by atoms with Crippen LogP contribution in [0.15, 0.2) is 50.2 Å². The second kappa shape index (κ2) is 6.59. The third-order valence-electron chi connectivity index (χ3n) is 2.99. The fourth-order valence-electron chi connectivity index (χ4n) is 1.94. The Morgan fingerprint density at radius 1 is 1.18 bits per heavy atom. The maximum absolute atomic E-state index is 12.4. The number of hydrogen-bond acceptors (Lipinski definition) is 4. The molecule has 0 unspecified atom stereocenters. The molecule has 3 rings (SSSR count). The average Bonchev–Trinajstić information content (AvgIpc) is 3.00. The number of halogens is 2. The number of carbonyl (C=O) groups excluding carboxylic acids is 2. The Balaban J connectivity index is 1.79. The molecule has 2 aromatic rings. The standard InChI is InChI=1S/C15H9BrINO3S/c16-10-3-1-9(2-4-10)8-18-14(19)12(22-15(18)20)7-11-5-6-13(17)21-11/h1-7H,8H2/b12-7-. The smallest absolute Gasteiger partial charge is 0.293 e. The van der Waals surface area contributed by atoms with Crippen LogP contribution in [0.5, 0.6) is 0 Å². The monoisotopic (exact) mass is 489 g/mol. The van der Waals surface area contributed by atoms with Crippen molar-refractivity contribution in [1.29, 1.82) is 0 Å². The maximum Gasteiger partial charge on any atom is 0.293 e. The summed E-state index contributed by atoms with van der Waals surface area (Å²) in [5.41, 5.74) is 0.902. The van der Waals surface area contributed by atoms with Gasteiger partial charge in [0, 0.05) is 10.5 Å². The lowest BCUT2D eigenvalue weighted by atomic mass is 10.2. The van der Waals surface area contributed by atoms with E-state index in [0.29, 0.717) is 10.7 Å². The van der Waals surface area contributed by atoms with Gasteiger partial charge in [0.25, 0.3) is 11.1 Å². The van der Waals surface area contributed by atoms with Crippen molar-refractivity contribution >= 4 is 67.5 Å². The number of carbonyl (C=O) groups is 2. The Morgan fingerprint density at radius 3 is 2.55 bits per heavy atom. The highest BCUT2D eigenvalue weighted by molar-refractivity contribution is 14.1. The van der Waals surface area contributed by atoms with Gasteiger partial charge >= 0.3 is 0 Å². The van der Waals surface area contributed by atoms with Gasteiger partial charge in [-0.15, -0.1) is 0 Å². The molecule has 1 aliphatic rings. The Kier molecular flexibility index (Phi) is 4.74. The van der Waals surface area contributed by atoms with Crippen molar-refractivity contribution in [1.82, 2.24) is 4.90 Å². The predicted molar refractivity (Wildman–Crippen MR) is 97.1 cm³/mol. The summed E-state index contributed by atoms with van der Waals surface area (Å²) < 4.78 is 7.10. The van der Waals surface area contributed by atoms with E-state index in [1.807, 2.05) is 46.9 Å². The Labute approximate surface area is 153 Å². The van der Waals surface area contributed by atoms with Crippen LogP contribution in [-0.4, -0.2) is 16.0 Å². The molecule has 1 saturated heterocycles. The van der Waals surface area contributed by atoms with E-state index in [2.05, 4.69) is 15.9 Å². The molecule has 1 aromatic heterocycles. The number of furan rings is 1. The van der Waals surface area contributed by atoms with Crippen LogP contribution < -0.4 is 0 Å². The van der Waals surface area contributed by atoms with Gasteiger partial charge in [-0.3, -0.25) is 14.5 Å². The van der Waals surface area contributed by atoms with E-state index >= 15 is 0 Å². The van der Waals surface area contributed by atoms with Crippen LogP contribution >= 0.6 is 50.3 Å². The minimum Gasteiger partial charge on any atom is -0.451 e. The lowest BCUT2D eigenvalue weighted by Crippen LogP contribution is -2.27. The zero-order valence-corrected chi connectivity index (χ0v) is 15.6. The first-order chi connectivity index (χ1) is 10.5. The number of rotatable bonds is 3. The Hall–Kier alpha value is -1.06. The van der Waals surface area contributed by atoms with Crippen molar-refractivity contribution in [3.8, 4) is 0 Å². The largest absolute Gasteiger partial charge is 0.451 e. The van der Waals surface area contributed by atoms with Gasteiger partial charge in [-0.05, 0) is 64.2 Å². The van der Waals surface area contributed by atoms with Crippen LogP contribution in [0.3, 0.4) is 0 Å². The molecule has 1 fully saturated rings. The molecule has 2 amide bonds. The lowest BCUT2D eigenvalue weighted by molar-refractivity contribution is -0.123. The van der Waals surface area contributed by atoms with Crippen molar-refractivity contribution in [3.63, 3.8) is 0 Å². The summed E-state index contributed by atoms with van der Waals surface area (Å²) >= 11 is 6.34. The zero-order chi connectivity index (χ0) is 15.7. The number of thioether (sulfide) groups is 1. The predicted octanol–water partition coefficient (Wildman–Crippen LogP) is 4.88. The van der Waals surface area contributed by atoms with Crippen LogP contribution in [0.25, 0.3) is 6.08 Å². The molecule has 2 heterocycles. The van der Waals surface area contributed by atoms with Crippen LogP contribution in [0.4, 0.5) is 4.79 Å². The van der Waals surface area contributed by atoms with Crippen LogP contribution in [0.1, 0.15) is 11.3 Å². The molecule has 0 atom stereocenters. The summed E-state index contributed by atoms with van der Waals surface area (Å²) in [6.45, 7) is 0.269. The van der Waals surface area contributed by atoms with E-state index in [9.17, 15) is 9.59 Å². The number of benzene rings is 1. The van der Waals surface area contributed by atoms with Crippen LogP contribution in [0.2, 0.25) is 0 Å². The molecule has 1 aromatic carbocycles. The van der Waals surface area contributed by atoms with Crippen molar-refractivity contribution in [2.75, 3.05) is 0 Å². The van der Waals surface area contributed by atoms with Crippen LogP contribution in [-0.2, 0) is 11.3 Å². The summed E-state index contributed by atoms with van der Waals surface area (Å²) in [7, 11) is 0.